The lowest BCUT2D eigenvalue weighted by atomic mass is 9.97. The number of ether oxygens (including phenoxy) is 3. The van der Waals surface area contributed by atoms with Gasteiger partial charge in [-0.05, 0) is 6.26 Å². The SMILES string of the molecule is CS[C@@H]1O[C@@H]2COC(c3ccccc3)O[C@@H]2[C@H](O)[C@H]1N=Cc1c(O)n(C)c(=O)n(C)c1=O. The molecule has 0 saturated carbocycles. The number of aliphatic hydroxyl groups is 1. The highest BCUT2D eigenvalue weighted by atomic mass is 32.2. The fraction of sp³-hybridized carbons (Fsp3) is 0.476. The molecule has 0 amide bonds. The summed E-state index contributed by atoms with van der Waals surface area (Å²) in [5, 5.41) is 21.4. The second-order valence-corrected chi connectivity index (χ2v) is 8.59. The number of rotatable bonds is 4. The van der Waals surface area contributed by atoms with Gasteiger partial charge in [-0.1, -0.05) is 30.3 Å². The molecular weight excluding hydrogens is 438 g/mol. The molecule has 0 aliphatic carbocycles. The van der Waals surface area contributed by atoms with Gasteiger partial charge in [0.2, 0.25) is 5.88 Å². The lowest BCUT2D eigenvalue weighted by Gasteiger charge is -2.46. The number of aliphatic imine (C=N–C) groups is 1. The van der Waals surface area contributed by atoms with Crippen molar-refractivity contribution >= 4 is 18.0 Å². The highest BCUT2D eigenvalue weighted by Gasteiger charge is 2.49. The summed E-state index contributed by atoms with van der Waals surface area (Å²) in [7, 11) is 2.66. The smallest absolute Gasteiger partial charge is 0.333 e. The molecule has 3 heterocycles. The number of nitrogens with zero attached hydrogens (tertiary/aromatic N) is 3. The molecule has 2 saturated heterocycles. The third-order valence-electron chi connectivity index (χ3n) is 5.68. The van der Waals surface area contributed by atoms with Gasteiger partial charge in [0.1, 0.15) is 35.4 Å². The van der Waals surface area contributed by atoms with E-state index in [1.54, 1.807) is 0 Å². The molecule has 4 rings (SSSR count). The molecule has 0 bridgehead atoms. The van der Waals surface area contributed by atoms with Crippen LogP contribution >= 0.6 is 11.8 Å². The molecule has 32 heavy (non-hydrogen) atoms. The predicted octanol–water partition coefficient (Wildman–Crippen LogP) is 0.140. The summed E-state index contributed by atoms with van der Waals surface area (Å²) in [6.07, 6.45) is 0.123. The number of benzene rings is 1. The van der Waals surface area contributed by atoms with Crippen LogP contribution in [0.4, 0.5) is 0 Å². The highest BCUT2D eigenvalue weighted by Crippen LogP contribution is 2.37. The van der Waals surface area contributed by atoms with Crippen LogP contribution in [0.5, 0.6) is 5.88 Å². The first kappa shape index (κ1) is 22.7. The molecule has 10 nitrogen and oxygen atoms in total. The average molecular weight is 464 g/mol. The van der Waals surface area contributed by atoms with Crippen LogP contribution in [0, 0.1) is 0 Å². The van der Waals surface area contributed by atoms with Crippen molar-refractivity contribution in [1.29, 1.82) is 0 Å². The minimum atomic E-state index is -1.05. The lowest BCUT2D eigenvalue weighted by Crippen LogP contribution is -2.60. The maximum atomic E-state index is 12.5. The topological polar surface area (TPSA) is 125 Å². The molecule has 6 atom stereocenters. The second-order valence-electron chi connectivity index (χ2n) is 7.66. The van der Waals surface area contributed by atoms with Crippen molar-refractivity contribution < 1.29 is 24.4 Å². The van der Waals surface area contributed by atoms with Gasteiger partial charge < -0.3 is 24.4 Å². The van der Waals surface area contributed by atoms with E-state index in [2.05, 4.69) is 4.99 Å². The van der Waals surface area contributed by atoms with Gasteiger partial charge in [0.05, 0.1) is 6.61 Å². The number of aromatic hydroxyl groups is 1. The fourth-order valence-electron chi connectivity index (χ4n) is 3.84. The second kappa shape index (κ2) is 9.20. The summed E-state index contributed by atoms with van der Waals surface area (Å²) in [5.74, 6) is -0.502. The van der Waals surface area contributed by atoms with E-state index in [9.17, 15) is 19.8 Å². The molecule has 1 unspecified atom stereocenters. The molecule has 2 aliphatic heterocycles. The number of aromatic nitrogens is 2. The van der Waals surface area contributed by atoms with E-state index < -0.39 is 53.2 Å². The Morgan fingerprint density at radius 1 is 1.16 bits per heavy atom. The summed E-state index contributed by atoms with van der Waals surface area (Å²) in [6.45, 7) is 0.247. The van der Waals surface area contributed by atoms with Crippen molar-refractivity contribution in [3.05, 3.63) is 62.3 Å². The van der Waals surface area contributed by atoms with Gasteiger partial charge in [0.25, 0.3) is 5.56 Å². The standard InChI is InChI=1S/C21H25N3O7S/c1-23-17(26)12(18(27)24(2)21(23)28)9-22-14-15(25)16-13(30-20(14)32-3)10-29-19(31-16)11-7-5-4-6-8-11/h4-9,13-16,19-20,25-26H,10H2,1-3H3/t13-,14-,15-,16+,19?,20+/m1/s1. The molecule has 2 aliphatic rings. The molecule has 0 spiro atoms. The van der Waals surface area contributed by atoms with Crippen LogP contribution in [-0.2, 0) is 28.3 Å². The molecule has 1 aromatic carbocycles. The summed E-state index contributed by atoms with van der Waals surface area (Å²) < 4.78 is 19.7. The predicted molar refractivity (Wildman–Crippen MR) is 118 cm³/mol. The zero-order valence-electron chi connectivity index (χ0n) is 17.8. The molecule has 1 aromatic heterocycles. The van der Waals surface area contributed by atoms with Crippen LogP contribution < -0.4 is 11.2 Å². The average Bonchev–Trinajstić information content (AvgIpc) is 2.82. The Balaban J connectivity index is 1.62. The maximum Gasteiger partial charge on any atom is 0.333 e. The molecule has 2 fully saturated rings. The third-order valence-corrected chi connectivity index (χ3v) is 6.54. The minimum absolute atomic E-state index is 0.154. The van der Waals surface area contributed by atoms with Gasteiger partial charge in [0, 0.05) is 25.9 Å². The number of hydrogen-bond donors (Lipinski definition) is 2. The minimum Gasteiger partial charge on any atom is -0.494 e. The third kappa shape index (κ3) is 4.02. The Labute approximate surface area is 188 Å². The van der Waals surface area contributed by atoms with E-state index in [0.717, 1.165) is 14.7 Å². The van der Waals surface area contributed by atoms with Crippen molar-refractivity contribution in [2.45, 2.75) is 36.1 Å². The quantitative estimate of drug-likeness (QED) is 0.614. The zero-order valence-corrected chi connectivity index (χ0v) is 18.6. The highest BCUT2D eigenvalue weighted by molar-refractivity contribution is 7.99. The van der Waals surface area contributed by atoms with Crippen molar-refractivity contribution in [2.75, 3.05) is 12.9 Å². The van der Waals surface area contributed by atoms with Crippen molar-refractivity contribution in [2.24, 2.45) is 19.1 Å². The van der Waals surface area contributed by atoms with Crippen LogP contribution in [0.25, 0.3) is 0 Å². The molecule has 11 heteroatoms. The number of thioether (sulfide) groups is 1. The van der Waals surface area contributed by atoms with E-state index >= 15 is 0 Å². The number of aliphatic hydroxyl groups excluding tert-OH is 1. The first-order chi connectivity index (χ1) is 15.3. The number of hydrogen-bond acceptors (Lipinski definition) is 9. The van der Waals surface area contributed by atoms with Crippen molar-refractivity contribution in [3.8, 4) is 5.88 Å². The zero-order chi connectivity index (χ0) is 23.0. The van der Waals surface area contributed by atoms with E-state index in [-0.39, 0.29) is 12.2 Å². The first-order valence-electron chi connectivity index (χ1n) is 10.0. The molecule has 0 radical (unpaired) electrons. The van der Waals surface area contributed by atoms with Crippen molar-refractivity contribution in [3.63, 3.8) is 0 Å². The Kier molecular flexibility index (Phi) is 6.54. The summed E-state index contributed by atoms with van der Waals surface area (Å²) in [5.41, 5.74) is -1.20. The van der Waals surface area contributed by atoms with Gasteiger partial charge in [-0.2, -0.15) is 0 Å². The number of fused-ring (bicyclic) bond motifs is 1. The van der Waals surface area contributed by atoms with E-state index in [1.165, 1.54) is 32.1 Å². The summed E-state index contributed by atoms with van der Waals surface area (Å²) in [4.78, 5) is 28.8. The van der Waals surface area contributed by atoms with Crippen molar-refractivity contribution in [1.82, 2.24) is 9.13 Å². The first-order valence-corrected chi connectivity index (χ1v) is 11.3. The van der Waals surface area contributed by atoms with Gasteiger partial charge in [0.15, 0.2) is 6.29 Å². The van der Waals surface area contributed by atoms with Crippen LogP contribution in [0.1, 0.15) is 17.4 Å². The maximum absolute atomic E-state index is 12.5. The van der Waals surface area contributed by atoms with Gasteiger partial charge in [-0.15, -0.1) is 11.8 Å². The van der Waals surface area contributed by atoms with Crippen LogP contribution in [0.15, 0.2) is 44.9 Å². The monoisotopic (exact) mass is 463 g/mol. The Bertz CT molecular complexity index is 1120. The molecular formula is C21H25N3O7S. The van der Waals surface area contributed by atoms with Gasteiger partial charge in [-0.3, -0.25) is 18.9 Å². The van der Waals surface area contributed by atoms with E-state index in [1.807, 2.05) is 36.6 Å². The lowest BCUT2D eigenvalue weighted by molar-refractivity contribution is -0.305. The summed E-state index contributed by atoms with van der Waals surface area (Å²) in [6, 6.07) is 8.61. The molecule has 172 valence electrons. The van der Waals surface area contributed by atoms with Gasteiger partial charge >= 0.3 is 5.69 Å². The Hall–Kier alpha value is -2.44. The fourth-order valence-corrected chi connectivity index (χ4v) is 4.61. The molecule has 2 aromatic rings. The Morgan fingerprint density at radius 3 is 2.56 bits per heavy atom. The Morgan fingerprint density at radius 2 is 1.88 bits per heavy atom. The van der Waals surface area contributed by atoms with Crippen LogP contribution in [0.2, 0.25) is 0 Å². The normalized spacial score (nSPS) is 30.4. The van der Waals surface area contributed by atoms with Gasteiger partial charge in [-0.25, -0.2) is 4.79 Å². The van der Waals surface area contributed by atoms with Crippen LogP contribution in [-0.4, -0.2) is 68.2 Å². The largest absolute Gasteiger partial charge is 0.494 e. The van der Waals surface area contributed by atoms with E-state index in [4.69, 9.17) is 14.2 Å². The molecule has 2 N–H and O–H groups in total. The van der Waals surface area contributed by atoms with E-state index in [0.29, 0.717) is 0 Å². The summed E-state index contributed by atoms with van der Waals surface area (Å²) >= 11 is 1.35. The van der Waals surface area contributed by atoms with Crippen LogP contribution in [0.3, 0.4) is 0 Å².